The second-order valence-corrected chi connectivity index (χ2v) is 3.87. The SMILES string of the molecule is O=C(Nc1ccccc1OC(F)(F)F)c1ccnc(F)c1. The van der Waals surface area contributed by atoms with Crippen molar-refractivity contribution in [2.45, 2.75) is 6.36 Å². The molecule has 0 atom stereocenters. The molecule has 1 heterocycles. The number of pyridine rings is 1. The smallest absolute Gasteiger partial charge is 0.404 e. The fourth-order valence-electron chi connectivity index (χ4n) is 1.52. The number of alkyl halides is 3. The van der Waals surface area contributed by atoms with Gasteiger partial charge in [0.1, 0.15) is 0 Å². The van der Waals surface area contributed by atoms with Crippen LogP contribution in [-0.4, -0.2) is 17.3 Å². The number of carbonyl (C=O) groups excluding carboxylic acids is 1. The molecule has 1 aromatic carbocycles. The largest absolute Gasteiger partial charge is 0.573 e. The number of nitrogens with one attached hydrogen (secondary N) is 1. The van der Waals surface area contributed by atoms with E-state index in [2.05, 4.69) is 15.0 Å². The Hall–Kier alpha value is -2.64. The van der Waals surface area contributed by atoms with Gasteiger partial charge in [-0.25, -0.2) is 4.98 Å². The summed E-state index contributed by atoms with van der Waals surface area (Å²) < 4.78 is 53.4. The van der Waals surface area contributed by atoms with E-state index < -0.39 is 24.0 Å². The molecule has 4 nitrogen and oxygen atoms in total. The van der Waals surface area contributed by atoms with Crippen molar-refractivity contribution in [3.63, 3.8) is 0 Å². The number of anilines is 1. The fraction of sp³-hybridized carbons (Fsp3) is 0.0769. The number of benzene rings is 1. The summed E-state index contributed by atoms with van der Waals surface area (Å²) in [6.07, 6.45) is -3.81. The molecule has 0 fully saturated rings. The van der Waals surface area contributed by atoms with E-state index in [1.807, 2.05) is 0 Å². The second kappa shape index (κ2) is 5.78. The first-order chi connectivity index (χ1) is 9.85. The molecule has 1 amide bonds. The van der Waals surface area contributed by atoms with Gasteiger partial charge in [-0.1, -0.05) is 12.1 Å². The zero-order valence-corrected chi connectivity index (χ0v) is 10.3. The maximum atomic E-state index is 12.9. The minimum atomic E-state index is -4.89. The van der Waals surface area contributed by atoms with Crippen LogP contribution in [0.2, 0.25) is 0 Å². The van der Waals surface area contributed by atoms with Gasteiger partial charge in [0, 0.05) is 17.8 Å². The number of ether oxygens (including phenoxy) is 1. The summed E-state index contributed by atoms with van der Waals surface area (Å²) in [6.45, 7) is 0. The summed E-state index contributed by atoms with van der Waals surface area (Å²) >= 11 is 0. The quantitative estimate of drug-likeness (QED) is 0.698. The molecule has 0 spiro atoms. The number of hydrogen-bond acceptors (Lipinski definition) is 3. The number of para-hydroxylation sites is 2. The molecule has 0 saturated carbocycles. The first kappa shape index (κ1) is 14.8. The Bertz CT molecular complexity index is 659. The van der Waals surface area contributed by atoms with Gasteiger partial charge in [-0.2, -0.15) is 4.39 Å². The molecular formula is C13H8F4N2O2. The summed E-state index contributed by atoms with van der Waals surface area (Å²) in [4.78, 5) is 15.1. The Morgan fingerprint density at radius 1 is 1.19 bits per heavy atom. The molecule has 0 bridgehead atoms. The van der Waals surface area contributed by atoms with Crippen molar-refractivity contribution in [1.29, 1.82) is 0 Å². The van der Waals surface area contributed by atoms with Gasteiger partial charge in [-0.3, -0.25) is 4.79 Å². The van der Waals surface area contributed by atoms with Gasteiger partial charge in [0.2, 0.25) is 5.95 Å². The lowest BCUT2D eigenvalue weighted by Gasteiger charge is -2.13. The maximum Gasteiger partial charge on any atom is 0.573 e. The van der Waals surface area contributed by atoms with Crippen LogP contribution in [0.1, 0.15) is 10.4 Å². The molecule has 2 rings (SSSR count). The predicted octanol–water partition coefficient (Wildman–Crippen LogP) is 3.37. The highest BCUT2D eigenvalue weighted by Crippen LogP contribution is 2.30. The standard InChI is InChI=1S/C13H8F4N2O2/c14-11-7-8(5-6-18-11)12(20)19-9-3-1-2-4-10(9)21-13(15,16)17/h1-7H,(H,19,20). The van der Waals surface area contributed by atoms with E-state index in [-0.39, 0.29) is 11.3 Å². The average Bonchev–Trinajstić information content (AvgIpc) is 2.39. The molecule has 2 aromatic rings. The Morgan fingerprint density at radius 3 is 2.57 bits per heavy atom. The third-order valence-corrected chi connectivity index (χ3v) is 2.35. The Kier molecular flexibility index (Phi) is 4.06. The topological polar surface area (TPSA) is 51.2 Å². The lowest BCUT2D eigenvalue weighted by atomic mass is 10.2. The highest BCUT2D eigenvalue weighted by Gasteiger charge is 2.32. The Balaban J connectivity index is 2.22. The third kappa shape index (κ3) is 4.16. The molecule has 1 aromatic heterocycles. The van der Waals surface area contributed by atoms with Gasteiger partial charge in [-0.15, -0.1) is 13.2 Å². The van der Waals surface area contributed by atoms with Crippen molar-refractivity contribution in [3.05, 3.63) is 54.1 Å². The molecule has 0 aliphatic heterocycles. The molecule has 0 aliphatic rings. The van der Waals surface area contributed by atoms with Gasteiger partial charge < -0.3 is 10.1 Å². The number of hydrogen-bond donors (Lipinski definition) is 1. The molecule has 0 unspecified atom stereocenters. The van der Waals surface area contributed by atoms with Crippen molar-refractivity contribution >= 4 is 11.6 Å². The van der Waals surface area contributed by atoms with Crippen LogP contribution < -0.4 is 10.1 Å². The number of aromatic nitrogens is 1. The van der Waals surface area contributed by atoms with Crippen molar-refractivity contribution < 1.29 is 27.1 Å². The van der Waals surface area contributed by atoms with Crippen molar-refractivity contribution in [3.8, 4) is 5.75 Å². The van der Waals surface area contributed by atoms with E-state index in [0.29, 0.717) is 0 Å². The van der Waals surface area contributed by atoms with Crippen LogP contribution in [0.3, 0.4) is 0 Å². The number of amides is 1. The monoisotopic (exact) mass is 300 g/mol. The molecule has 0 radical (unpaired) electrons. The average molecular weight is 300 g/mol. The molecule has 110 valence electrons. The first-order valence-corrected chi connectivity index (χ1v) is 5.63. The number of carbonyl (C=O) groups is 1. The van der Waals surface area contributed by atoms with E-state index >= 15 is 0 Å². The Morgan fingerprint density at radius 2 is 1.90 bits per heavy atom. The first-order valence-electron chi connectivity index (χ1n) is 5.63. The molecule has 8 heteroatoms. The number of halogens is 4. The summed E-state index contributed by atoms with van der Waals surface area (Å²) in [7, 11) is 0. The normalized spacial score (nSPS) is 11.0. The minimum absolute atomic E-state index is 0.0793. The molecule has 0 saturated heterocycles. The molecule has 1 N–H and O–H groups in total. The van der Waals surface area contributed by atoms with Crippen LogP contribution >= 0.6 is 0 Å². The van der Waals surface area contributed by atoms with Crippen LogP contribution in [0.25, 0.3) is 0 Å². The highest BCUT2D eigenvalue weighted by atomic mass is 19.4. The minimum Gasteiger partial charge on any atom is -0.404 e. The summed E-state index contributed by atoms with van der Waals surface area (Å²) in [5, 5.41) is 2.22. The lowest BCUT2D eigenvalue weighted by molar-refractivity contribution is -0.274. The zero-order valence-electron chi connectivity index (χ0n) is 10.3. The van der Waals surface area contributed by atoms with Gasteiger partial charge in [-0.05, 0) is 18.2 Å². The zero-order chi connectivity index (χ0) is 15.5. The van der Waals surface area contributed by atoms with Crippen LogP contribution in [0, 0.1) is 5.95 Å². The van der Waals surface area contributed by atoms with Gasteiger partial charge >= 0.3 is 6.36 Å². The predicted molar refractivity (Wildman–Crippen MR) is 65.3 cm³/mol. The van der Waals surface area contributed by atoms with E-state index in [9.17, 15) is 22.4 Å². The van der Waals surface area contributed by atoms with E-state index in [1.54, 1.807) is 0 Å². The summed E-state index contributed by atoms with van der Waals surface area (Å²) in [6, 6.07) is 7.12. The van der Waals surface area contributed by atoms with Gasteiger partial charge in [0.05, 0.1) is 5.69 Å². The number of nitrogens with zero attached hydrogens (tertiary/aromatic N) is 1. The lowest BCUT2D eigenvalue weighted by Crippen LogP contribution is -2.19. The van der Waals surface area contributed by atoms with Crippen LogP contribution in [-0.2, 0) is 0 Å². The van der Waals surface area contributed by atoms with Crippen molar-refractivity contribution in [1.82, 2.24) is 4.98 Å². The number of rotatable bonds is 3. The summed E-state index contributed by atoms with van der Waals surface area (Å²) in [5.74, 6) is -2.22. The molecule has 0 aliphatic carbocycles. The second-order valence-electron chi connectivity index (χ2n) is 3.87. The highest BCUT2D eigenvalue weighted by molar-refractivity contribution is 6.04. The van der Waals surface area contributed by atoms with Gasteiger partial charge in [0.15, 0.2) is 5.75 Å². The molecular weight excluding hydrogens is 292 g/mol. The Labute approximate surface area is 116 Å². The van der Waals surface area contributed by atoms with E-state index in [0.717, 1.165) is 18.3 Å². The van der Waals surface area contributed by atoms with Crippen LogP contribution in [0.5, 0.6) is 5.75 Å². The third-order valence-electron chi connectivity index (χ3n) is 2.35. The summed E-state index contributed by atoms with van der Waals surface area (Å²) in [5.41, 5.74) is -0.263. The van der Waals surface area contributed by atoms with Crippen molar-refractivity contribution in [2.75, 3.05) is 5.32 Å². The van der Waals surface area contributed by atoms with Gasteiger partial charge in [0.25, 0.3) is 5.91 Å². The maximum absolute atomic E-state index is 12.9. The van der Waals surface area contributed by atoms with E-state index in [1.165, 1.54) is 24.3 Å². The van der Waals surface area contributed by atoms with Crippen LogP contribution in [0.4, 0.5) is 23.2 Å². The van der Waals surface area contributed by atoms with Crippen LogP contribution in [0.15, 0.2) is 42.6 Å². The van der Waals surface area contributed by atoms with Crippen molar-refractivity contribution in [2.24, 2.45) is 0 Å². The molecule has 21 heavy (non-hydrogen) atoms. The fourth-order valence-corrected chi connectivity index (χ4v) is 1.52. The van der Waals surface area contributed by atoms with E-state index in [4.69, 9.17) is 0 Å².